The molecule has 1 aromatic heterocycles. The van der Waals surface area contributed by atoms with Crippen molar-refractivity contribution in [3.63, 3.8) is 0 Å². The molecule has 3 aromatic rings. The van der Waals surface area contributed by atoms with Gasteiger partial charge in [0.05, 0.1) is 28.3 Å². The zero-order valence-corrected chi connectivity index (χ0v) is 16.2. The van der Waals surface area contributed by atoms with Gasteiger partial charge >= 0.3 is 0 Å². The molecule has 7 heteroatoms. The van der Waals surface area contributed by atoms with Crippen LogP contribution >= 0.6 is 11.6 Å². The number of carbonyl (C=O) groups excluding carboxylic acids is 1. The van der Waals surface area contributed by atoms with Crippen LogP contribution in [0.1, 0.15) is 21.7 Å². The highest BCUT2D eigenvalue weighted by atomic mass is 35.5. The van der Waals surface area contributed by atoms with Crippen LogP contribution in [0.3, 0.4) is 0 Å². The van der Waals surface area contributed by atoms with E-state index >= 15 is 0 Å². The van der Waals surface area contributed by atoms with Gasteiger partial charge in [0.15, 0.2) is 9.84 Å². The van der Waals surface area contributed by atoms with Crippen molar-refractivity contribution in [2.24, 2.45) is 0 Å². The lowest BCUT2D eigenvalue weighted by Crippen LogP contribution is -2.30. The third-order valence-electron chi connectivity index (χ3n) is 4.03. The zero-order chi connectivity index (χ0) is 19.4. The molecule has 1 heterocycles. The van der Waals surface area contributed by atoms with Gasteiger partial charge < -0.3 is 9.32 Å². The van der Waals surface area contributed by atoms with E-state index in [0.717, 1.165) is 11.8 Å². The smallest absolute Gasteiger partial charge is 0.256 e. The average molecular weight is 404 g/mol. The topological polar surface area (TPSA) is 67.6 Å². The molecule has 0 saturated carbocycles. The van der Waals surface area contributed by atoms with Gasteiger partial charge in [-0.25, -0.2) is 8.42 Å². The lowest BCUT2D eigenvalue weighted by atomic mass is 10.1. The molecule has 0 fully saturated rings. The lowest BCUT2D eigenvalue weighted by Gasteiger charge is -2.23. The fourth-order valence-corrected chi connectivity index (χ4v) is 3.51. The number of sulfone groups is 1. The van der Waals surface area contributed by atoms with Crippen molar-refractivity contribution in [3.05, 3.63) is 88.8 Å². The number of halogens is 1. The quantitative estimate of drug-likeness (QED) is 0.619. The van der Waals surface area contributed by atoms with E-state index in [4.69, 9.17) is 16.0 Å². The number of hydrogen-bond acceptors (Lipinski definition) is 4. The van der Waals surface area contributed by atoms with Gasteiger partial charge in [-0.1, -0.05) is 41.9 Å². The Morgan fingerprint density at radius 2 is 1.78 bits per heavy atom. The summed E-state index contributed by atoms with van der Waals surface area (Å²) in [5.41, 5.74) is 1.08. The Hall–Kier alpha value is -2.57. The van der Waals surface area contributed by atoms with Crippen LogP contribution in [0.25, 0.3) is 0 Å². The van der Waals surface area contributed by atoms with Gasteiger partial charge in [-0.15, -0.1) is 0 Å². The van der Waals surface area contributed by atoms with E-state index in [1.54, 1.807) is 17.0 Å². The van der Waals surface area contributed by atoms with Gasteiger partial charge in [0.1, 0.15) is 5.76 Å². The molecule has 2 aromatic carbocycles. The molecule has 0 unspecified atom stereocenters. The van der Waals surface area contributed by atoms with Crippen molar-refractivity contribution in [1.82, 2.24) is 4.90 Å². The minimum absolute atomic E-state index is 0.0490. The molecular formula is C20H18ClNO4S. The molecule has 0 aliphatic carbocycles. The van der Waals surface area contributed by atoms with Crippen LogP contribution in [-0.2, 0) is 22.9 Å². The average Bonchev–Trinajstić information content (AvgIpc) is 3.14. The first kappa shape index (κ1) is 19.2. The van der Waals surface area contributed by atoms with E-state index < -0.39 is 9.84 Å². The maximum Gasteiger partial charge on any atom is 0.256 e. The largest absolute Gasteiger partial charge is 0.467 e. The van der Waals surface area contributed by atoms with E-state index in [2.05, 4.69) is 0 Å². The Morgan fingerprint density at radius 3 is 2.41 bits per heavy atom. The van der Waals surface area contributed by atoms with Crippen LogP contribution in [0.2, 0.25) is 5.02 Å². The molecule has 5 nitrogen and oxygen atoms in total. The first-order valence-electron chi connectivity index (χ1n) is 8.20. The zero-order valence-electron chi connectivity index (χ0n) is 14.6. The predicted molar refractivity (Wildman–Crippen MR) is 103 cm³/mol. The van der Waals surface area contributed by atoms with Crippen LogP contribution in [0.4, 0.5) is 0 Å². The van der Waals surface area contributed by atoms with Crippen LogP contribution in [-0.4, -0.2) is 25.5 Å². The predicted octanol–water partition coefficient (Wildman–Crippen LogP) is 4.18. The summed E-state index contributed by atoms with van der Waals surface area (Å²) in [5.74, 6) is 0.250. The first-order chi connectivity index (χ1) is 12.8. The Labute approximate surface area is 163 Å². The molecule has 0 atom stereocenters. The van der Waals surface area contributed by atoms with Gasteiger partial charge in [-0.2, -0.15) is 0 Å². The number of benzene rings is 2. The number of hydrogen-bond donors (Lipinski definition) is 0. The number of amides is 1. The van der Waals surface area contributed by atoms with E-state index in [-0.39, 0.29) is 27.9 Å². The second-order valence-electron chi connectivity index (χ2n) is 6.14. The molecule has 140 valence electrons. The van der Waals surface area contributed by atoms with Crippen LogP contribution < -0.4 is 0 Å². The number of furan rings is 1. The van der Waals surface area contributed by atoms with Crippen molar-refractivity contribution < 1.29 is 17.6 Å². The highest BCUT2D eigenvalue weighted by molar-refractivity contribution is 7.90. The van der Waals surface area contributed by atoms with E-state index in [0.29, 0.717) is 12.3 Å². The summed E-state index contributed by atoms with van der Waals surface area (Å²) < 4.78 is 29.1. The fourth-order valence-electron chi connectivity index (χ4n) is 2.66. The van der Waals surface area contributed by atoms with Gasteiger partial charge in [-0.05, 0) is 35.9 Å². The molecule has 3 rings (SSSR count). The van der Waals surface area contributed by atoms with Crippen molar-refractivity contribution in [2.45, 2.75) is 18.0 Å². The fraction of sp³-hybridized carbons (Fsp3) is 0.150. The molecular weight excluding hydrogens is 386 g/mol. The van der Waals surface area contributed by atoms with Crippen LogP contribution in [0, 0.1) is 0 Å². The van der Waals surface area contributed by atoms with Crippen molar-refractivity contribution in [1.29, 1.82) is 0 Å². The second kappa shape index (κ2) is 7.98. The Bertz CT molecular complexity index is 1030. The molecule has 0 bridgehead atoms. The molecule has 0 aliphatic rings. The summed E-state index contributed by atoms with van der Waals surface area (Å²) in [4.78, 5) is 14.8. The number of nitrogens with zero attached hydrogens (tertiary/aromatic N) is 1. The van der Waals surface area contributed by atoms with E-state index in [1.807, 2.05) is 30.3 Å². The minimum atomic E-state index is -3.46. The maximum absolute atomic E-state index is 13.2. The molecule has 0 N–H and O–H groups in total. The molecule has 0 aliphatic heterocycles. The molecule has 27 heavy (non-hydrogen) atoms. The Kier molecular flexibility index (Phi) is 5.68. The summed E-state index contributed by atoms with van der Waals surface area (Å²) in [6.45, 7) is 0.569. The second-order valence-corrected chi connectivity index (χ2v) is 8.56. The monoisotopic (exact) mass is 403 g/mol. The van der Waals surface area contributed by atoms with Crippen LogP contribution in [0.15, 0.2) is 76.2 Å². The van der Waals surface area contributed by atoms with Crippen LogP contribution in [0.5, 0.6) is 0 Å². The molecule has 0 spiro atoms. The molecule has 1 amide bonds. The third kappa shape index (κ3) is 4.78. The summed E-state index contributed by atoms with van der Waals surface area (Å²) >= 11 is 6.20. The Balaban J connectivity index is 1.97. The number of rotatable bonds is 6. The standard InChI is InChI=1S/C20H18ClNO4S/c1-27(24,25)17-9-10-19(21)18(12-17)20(23)22(14-16-8-5-11-26-16)13-15-6-3-2-4-7-15/h2-12H,13-14H2,1H3. The lowest BCUT2D eigenvalue weighted by molar-refractivity contribution is 0.0717. The summed E-state index contributed by atoms with van der Waals surface area (Å²) in [5, 5.41) is 0.199. The van der Waals surface area contributed by atoms with E-state index in [9.17, 15) is 13.2 Å². The first-order valence-corrected chi connectivity index (χ1v) is 10.5. The Morgan fingerprint density at radius 1 is 1.04 bits per heavy atom. The van der Waals surface area contributed by atoms with Gasteiger partial charge in [0.2, 0.25) is 0 Å². The minimum Gasteiger partial charge on any atom is -0.467 e. The van der Waals surface area contributed by atoms with Crippen molar-refractivity contribution in [2.75, 3.05) is 6.26 Å². The molecule has 0 saturated heterocycles. The maximum atomic E-state index is 13.2. The highest BCUT2D eigenvalue weighted by Gasteiger charge is 2.22. The van der Waals surface area contributed by atoms with Crippen molar-refractivity contribution >= 4 is 27.3 Å². The van der Waals surface area contributed by atoms with E-state index in [1.165, 1.54) is 24.5 Å². The summed E-state index contributed by atoms with van der Waals surface area (Å²) in [6.07, 6.45) is 2.63. The normalized spacial score (nSPS) is 11.3. The SMILES string of the molecule is CS(=O)(=O)c1ccc(Cl)c(C(=O)N(Cc2ccccc2)Cc2ccco2)c1. The van der Waals surface area contributed by atoms with Crippen molar-refractivity contribution in [3.8, 4) is 0 Å². The summed E-state index contributed by atoms with van der Waals surface area (Å²) in [6, 6.07) is 17.2. The number of carbonyl (C=O) groups is 1. The molecule has 0 radical (unpaired) electrons. The van der Waals surface area contributed by atoms with Gasteiger partial charge in [-0.3, -0.25) is 4.79 Å². The summed E-state index contributed by atoms with van der Waals surface area (Å²) in [7, 11) is -3.46. The van der Waals surface area contributed by atoms with Gasteiger partial charge in [0.25, 0.3) is 5.91 Å². The third-order valence-corrected chi connectivity index (χ3v) is 5.47. The van der Waals surface area contributed by atoms with Gasteiger partial charge in [0, 0.05) is 12.8 Å². The highest BCUT2D eigenvalue weighted by Crippen LogP contribution is 2.24.